The second-order valence-electron chi connectivity index (χ2n) is 6.90. The van der Waals surface area contributed by atoms with Crippen molar-refractivity contribution in [3.8, 4) is 17.1 Å². The van der Waals surface area contributed by atoms with Crippen molar-refractivity contribution in [3.05, 3.63) is 59.9 Å². The molecule has 0 amide bonds. The fraction of sp³-hybridized carbons (Fsp3) is 0.261. The van der Waals surface area contributed by atoms with Crippen LogP contribution < -0.4 is 4.74 Å². The summed E-state index contributed by atoms with van der Waals surface area (Å²) in [4.78, 5) is 11.7. The highest BCUT2D eigenvalue weighted by molar-refractivity contribution is 5.99. The van der Waals surface area contributed by atoms with Crippen molar-refractivity contribution in [1.29, 1.82) is 0 Å². The Hall–Kier alpha value is -3.01. The van der Waals surface area contributed by atoms with E-state index >= 15 is 0 Å². The molecular formula is C23H25N3O. The quantitative estimate of drug-likeness (QED) is 0.492. The van der Waals surface area contributed by atoms with Crippen molar-refractivity contribution in [2.75, 3.05) is 7.11 Å². The van der Waals surface area contributed by atoms with Gasteiger partial charge in [-0.15, -0.1) is 0 Å². The first-order chi connectivity index (χ1) is 13.3. The van der Waals surface area contributed by atoms with Gasteiger partial charge in [-0.1, -0.05) is 38.0 Å². The van der Waals surface area contributed by atoms with Gasteiger partial charge in [-0.3, -0.25) is 4.99 Å². The minimum atomic E-state index is 0.819. The molecule has 0 radical (unpaired) electrons. The normalized spacial score (nSPS) is 15.0. The first kappa shape index (κ1) is 17.4. The number of fused-ring (bicyclic) bond motifs is 1. The number of para-hydroxylation sites is 1. The predicted molar refractivity (Wildman–Crippen MR) is 113 cm³/mol. The van der Waals surface area contributed by atoms with Gasteiger partial charge in [0, 0.05) is 22.7 Å². The van der Waals surface area contributed by atoms with Gasteiger partial charge in [-0.05, 0) is 43.2 Å². The number of unbranched alkanes of at least 4 members (excludes halogenated alkanes) is 2. The van der Waals surface area contributed by atoms with Crippen LogP contribution in [-0.4, -0.2) is 22.8 Å². The number of aliphatic imine (C=N–C) groups is 1. The van der Waals surface area contributed by atoms with Gasteiger partial charge in [-0.25, -0.2) is 0 Å². The number of H-pyrrole nitrogens is 2. The van der Waals surface area contributed by atoms with Crippen molar-refractivity contribution in [2.45, 2.75) is 32.6 Å². The van der Waals surface area contributed by atoms with Crippen molar-refractivity contribution >= 4 is 22.7 Å². The number of aromatic amines is 2. The summed E-state index contributed by atoms with van der Waals surface area (Å²) in [6, 6.07) is 12.5. The molecule has 3 aromatic rings. The van der Waals surface area contributed by atoms with E-state index in [1.807, 2.05) is 24.3 Å². The summed E-state index contributed by atoms with van der Waals surface area (Å²) in [7, 11) is 1.70. The molecule has 0 spiro atoms. The number of rotatable bonds is 7. The van der Waals surface area contributed by atoms with Crippen molar-refractivity contribution in [3.63, 3.8) is 0 Å². The van der Waals surface area contributed by atoms with Gasteiger partial charge in [-0.2, -0.15) is 0 Å². The molecule has 0 unspecified atom stereocenters. The van der Waals surface area contributed by atoms with Gasteiger partial charge in [0.05, 0.1) is 29.9 Å². The van der Waals surface area contributed by atoms with E-state index in [4.69, 9.17) is 9.73 Å². The van der Waals surface area contributed by atoms with Crippen LogP contribution in [0.25, 0.3) is 28.4 Å². The number of nitrogens with zero attached hydrogens (tertiary/aromatic N) is 1. The summed E-state index contributed by atoms with van der Waals surface area (Å²) < 4.78 is 5.58. The van der Waals surface area contributed by atoms with E-state index in [0.29, 0.717) is 0 Å². The van der Waals surface area contributed by atoms with Gasteiger partial charge >= 0.3 is 0 Å². The average molecular weight is 359 g/mol. The second kappa shape index (κ2) is 7.70. The summed E-state index contributed by atoms with van der Waals surface area (Å²) >= 11 is 0. The molecule has 2 aromatic heterocycles. The maximum Gasteiger partial charge on any atom is 0.144 e. The Labute approximate surface area is 159 Å². The van der Waals surface area contributed by atoms with E-state index in [0.717, 1.165) is 46.2 Å². The van der Waals surface area contributed by atoms with Gasteiger partial charge in [0.2, 0.25) is 0 Å². The third-order valence-electron chi connectivity index (χ3n) is 4.90. The molecule has 4 heteroatoms. The highest BCUT2D eigenvalue weighted by Gasteiger charge is 2.12. The molecule has 138 valence electrons. The molecule has 3 heterocycles. The Morgan fingerprint density at radius 2 is 1.89 bits per heavy atom. The van der Waals surface area contributed by atoms with E-state index in [-0.39, 0.29) is 0 Å². The molecule has 0 fully saturated rings. The Morgan fingerprint density at radius 1 is 1.04 bits per heavy atom. The van der Waals surface area contributed by atoms with Gasteiger partial charge < -0.3 is 14.7 Å². The third-order valence-corrected chi connectivity index (χ3v) is 4.90. The lowest BCUT2D eigenvalue weighted by atomic mass is 10.1. The summed E-state index contributed by atoms with van der Waals surface area (Å²) in [5.74, 6) is 0.819. The highest BCUT2D eigenvalue weighted by atomic mass is 16.5. The van der Waals surface area contributed by atoms with Crippen molar-refractivity contribution in [1.82, 2.24) is 9.97 Å². The predicted octanol–water partition coefficient (Wildman–Crippen LogP) is 6.10. The molecule has 0 saturated heterocycles. The Bertz CT molecular complexity index is 1000. The number of benzene rings is 1. The van der Waals surface area contributed by atoms with E-state index in [1.54, 1.807) is 7.11 Å². The summed E-state index contributed by atoms with van der Waals surface area (Å²) in [5.41, 5.74) is 6.24. The fourth-order valence-corrected chi connectivity index (χ4v) is 3.44. The Balaban J connectivity index is 1.60. The molecule has 27 heavy (non-hydrogen) atoms. The van der Waals surface area contributed by atoms with E-state index in [9.17, 15) is 0 Å². The molecule has 1 aromatic carbocycles. The highest BCUT2D eigenvalue weighted by Crippen LogP contribution is 2.31. The number of aromatic nitrogens is 2. The van der Waals surface area contributed by atoms with Crippen LogP contribution in [0.1, 0.15) is 38.3 Å². The van der Waals surface area contributed by atoms with Crippen LogP contribution in [0.3, 0.4) is 0 Å². The average Bonchev–Trinajstić information content (AvgIpc) is 3.40. The number of nitrogens with one attached hydrogen (secondary N) is 2. The zero-order chi connectivity index (χ0) is 18.6. The summed E-state index contributed by atoms with van der Waals surface area (Å²) in [6.45, 7) is 2.22. The van der Waals surface area contributed by atoms with Crippen LogP contribution in [-0.2, 0) is 0 Å². The minimum absolute atomic E-state index is 0.819. The van der Waals surface area contributed by atoms with Crippen LogP contribution in [0.2, 0.25) is 0 Å². The molecule has 0 saturated carbocycles. The molecule has 4 nitrogen and oxygen atoms in total. The Kier molecular flexibility index (Phi) is 4.97. The molecule has 1 aliphatic rings. The fourth-order valence-electron chi connectivity index (χ4n) is 3.44. The lowest BCUT2D eigenvalue weighted by molar-refractivity contribution is 0.414. The number of methoxy groups -OCH3 is 1. The topological polar surface area (TPSA) is 53.2 Å². The molecule has 2 N–H and O–H groups in total. The maximum atomic E-state index is 5.58. The molecular weight excluding hydrogens is 334 g/mol. The third kappa shape index (κ3) is 3.75. The molecule has 0 aliphatic carbocycles. The van der Waals surface area contributed by atoms with Crippen LogP contribution in [0.15, 0.2) is 59.2 Å². The monoisotopic (exact) mass is 359 g/mol. The zero-order valence-corrected chi connectivity index (χ0v) is 15.9. The number of hydrogen-bond donors (Lipinski definition) is 2. The lowest BCUT2D eigenvalue weighted by Crippen LogP contribution is -1.89. The smallest absolute Gasteiger partial charge is 0.144 e. The van der Waals surface area contributed by atoms with Gasteiger partial charge in [0.15, 0.2) is 0 Å². The molecule has 0 bridgehead atoms. The van der Waals surface area contributed by atoms with Crippen molar-refractivity contribution < 1.29 is 4.74 Å². The number of ether oxygens (including phenoxy) is 1. The summed E-state index contributed by atoms with van der Waals surface area (Å²) in [6.07, 6.45) is 11.0. The standard InChI is InChI=1S/C23H25N3O/c1-3-4-5-9-17-11-12-18(24-17)14-22-23(27-2)15-21(26-22)20-13-16-8-6-7-10-19(16)25-20/h6-8,10-15,25-26H,3-5,9H2,1-2H3/b18-14+. The molecule has 4 rings (SSSR count). The first-order valence-electron chi connectivity index (χ1n) is 9.59. The zero-order valence-electron chi connectivity index (χ0n) is 15.9. The lowest BCUT2D eigenvalue weighted by Gasteiger charge is -1.98. The van der Waals surface area contributed by atoms with E-state index in [2.05, 4.69) is 47.2 Å². The largest absolute Gasteiger partial charge is 0.494 e. The SMILES string of the molecule is CCCCCC1=N/C(=C/c2[nH]c(-c3cc4ccccc4[nH]3)cc2OC)C=C1. The molecule has 1 aliphatic heterocycles. The van der Waals surface area contributed by atoms with E-state index < -0.39 is 0 Å². The first-order valence-corrected chi connectivity index (χ1v) is 9.59. The van der Waals surface area contributed by atoms with Crippen molar-refractivity contribution in [2.24, 2.45) is 4.99 Å². The summed E-state index contributed by atoms with van der Waals surface area (Å²) in [5, 5.41) is 1.20. The van der Waals surface area contributed by atoms with Crippen LogP contribution in [0.4, 0.5) is 0 Å². The number of allylic oxidation sites excluding steroid dienone is 2. The van der Waals surface area contributed by atoms with Crippen LogP contribution in [0.5, 0.6) is 5.75 Å². The van der Waals surface area contributed by atoms with Gasteiger partial charge in [0.25, 0.3) is 0 Å². The van der Waals surface area contributed by atoms with Crippen LogP contribution >= 0.6 is 0 Å². The second-order valence-corrected chi connectivity index (χ2v) is 6.90. The minimum Gasteiger partial charge on any atom is -0.494 e. The van der Waals surface area contributed by atoms with Crippen LogP contribution in [0, 0.1) is 0 Å². The van der Waals surface area contributed by atoms with Gasteiger partial charge in [0.1, 0.15) is 5.75 Å². The Morgan fingerprint density at radius 3 is 2.70 bits per heavy atom. The number of hydrogen-bond acceptors (Lipinski definition) is 2. The van der Waals surface area contributed by atoms with E-state index in [1.165, 1.54) is 24.6 Å². The molecule has 0 atom stereocenters. The maximum absolute atomic E-state index is 5.58.